The van der Waals surface area contributed by atoms with Crippen molar-refractivity contribution in [2.75, 3.05) is 18.1 Å². The highest BCUT2D eigenvalue weighted by molar-refractivity contribution is 8.04. The van der Waals surface area contributed by atoms with Gasteiger partial charge in [-0.3, -0.25) is 8.42 Å². The molecule has 3 aliphatic rings. The van der Waals surface area contributed by atoms with Crippen molar-refractivity contribution < 1.29 is 13.2 Å². The highest BCUT2D eigenvalue weighted by Gasteiger charge is 2.59. The monoisotopic (exact) mass is 316 g/mol. The molecule has 3 nitrogen and oxygen atoms in total. The molecule has 0 aromatic carbocycles. The summed E-state index contributed by atoms with van der Waals surface area (Å²) in [7, 11) is -2.30. The number of fused-ring (bicyclic) bond motifs is 3. The Balaban J connectivity index is 2.06. The lowest BCUT2D eigenvalue weighted by atomic mass is 9.84. The zero-order chi connectivity index (χ0) is 14.8. The van der Waals surface area contributed by atoms with Crippen molar-refractivity contribution in [3.63, 3.8) is 0 Å². The van der Waals surface area contributed by atoms with E-state index < -0.39 is 25.9 Å². The molecule has 0 aliphatic carbocycles. The number of rotatable bonds is 6. The highest BCUT2D eigenvalue weighted by Crippen LogP contribution is 2.48. The Kier molecular flexibility index (Phi) is 5.09. The molecule has 0 radical (unpaired) electrons. The molecule has 0 saturated carbocycles. The fourth-order valence-corrected chi connectivity index (χ4v) is 7.91. The molecule has 3 rings (SSSR count). The zero-order valence-electron chi connectivity index (χ0n) is 12.4. The van der Waals surface area contributed by atoms with Crippen molar-refractivity contribution in [1.82, 2.24) is 0 Å². The van der Waals surface area contributed by atoms with Gasteiger partial charge in [0.1, 0.15) is 0 Å². The van der Waals surface area contributed by atoms with Gasteiger partial charge >= 0.3 is 0 Å². The number of unbranched alkanes of at least 4 members (excludes halogenated alkanes) is 2. The maximum Gasteiger partial charge on any atom is 0.217 e. The normalized spacial score (nSPS) is 39.9. The second-order valence-corrected chi connectivity index (χ2v) is 10.00. The Morgan fingerprint density at radius 1 is 1.25 bits per heavy atom. The summed E-state index contributed by atoms with van der Waals surface area (Å²) in [4.78, 5) is 0. The van der Waals surface area contributed by atoms with E-state index in [4.69, 9.17) is 11.2 Å². The summed E-state index contributed by atoms with van der Waals surface area (Å²) in [6.07, 6.45) is 9.21. The fourth-order valence-electron chi connectivity index (χ4n) is 3.31. The average Bonchev–Trinajstić information content (AvgIpc) is 2.35. The van der Waals surface area contributed by atoms with Crippen LogP contribution in [0.1, 0.15) is 46.0 Å². The Hall–Kier alpha value is -0.180. The van der Waals surface area contributed by atoms with E-state index in [9.17, 15) is 8.42 Å². The number of hydrogen-bond donors (Lipinski definition) is 0. The van der Waals surface area contributed by atoms with Crippen LogP contribution in [0.2, 0.25) is 0 Å². The Morgan fingerprint density at radius 2 is 1.90 bits per heavy atom. The van der Waals surface area contributed by atoms with Crippen LogP contribution in [0.15, 0.2) is 0 Å². The molecule has 0 aromatic rings. The summed E-state index contributed by atoms with van der Waals surface area (Å²) in [6.45, 7) is 4.91. The largest absolute Gasteiger partial charge is 0.350 e. The van der Waals surface area contributed by atoms with E-state index in [1.165, 1.54) is 0 Å². The maximum absolute atomic E-state index is 12.6. The predicted octanol–water partition coefficient (Wildman–Crippen LogP) is 2.41. The minimum absolute atomic E-state index is 0.134. The van der Waals surface area contributed by atoms with Gasteiger partial charge in [0, 0.05) is 29.8 Å². The number of ether oxygens (including phenoxy) is 1. The third-order valence-corrected chi connectivity index (χ3v) is 8.96. The van der Waals surface area contributed by atoms with Crippen LogP contribution in [0.3, 0.4) is 0 Å². The van der Waals surface area contributed by atoms with Crippen molar-refractivity contribution in [3.8, 4) is 12.3 Å². The molecule has 0 amide bonds. The van der Waals surface area contributed by atoms with Gasteiger partial charge in [-0.05, 0) is 25.2 Å². The molecule has 0 aromatic heterocycles. The van der Waals surface area contributed by atoms with E-state index in [1.54, 1.807) is 0 Å². The molecule has 114 valence electrons. The Bertz CT molecular complexity index is 433. The fraction of sp³-hybridized carbons (Fsp3) is 0.867. The van der Waals surface area contributed by atoms with Crippen LogP contribution in [0, 0.1) is 23.7 Å². The van der Waals surface area contributed by atoms with Crippen molar-refractivity contribution >= 4 is 21.6 Å². The third kappa shape index (κ3) is 3.03. The smallest absolute Gasteiger partial charge is 0.217 e. The highest BCUT2D eigenvalue weighted by atomic mass is 32.2. The second kappa shape index (κ2) is 6.29. The molecular formula is C15H24O3S2. The van der Waals surface area contributed by atoms with Gasteiger partial charge in [0.05, 0.1) is 28.2 Å². The summed E-state index contributed by atoms with van der Waals surface area (Å²) < 4.78 is 30.2. The van der Waals surface area contributed by atoms with Crippen molar-refractivity contribution in [1.29, 1.82) is 0 Å². The van der Waals surface area contributed by atoms with Gasteiger partial charge in [-0.15, -0.1) is 12.3 Å². The standard InChI is InChI=1S/C15H24O3S2/c1-4-5-6-7-8-15-18-10-14(9-13(2)3,11-19(15)16)12-20(15)17/h1,13H,5-12H2,2-3H3. The molecule has 3 aliphatic heterocycles. The van der Waals surface area contributed by atoms with E-state index >= 15 is 0 Å². The van der Waals surface area contributed by atoms with Crippen molar-refractivity contribution in [3.05, 3.63) is 0 Å². The molecular weight excluding hydrogens is 292 g/mol. The van der Waals surface area contributed by atoms with E-state index in [-0.39, 0.29) is 5.41 Å². The first-order chi connectivity index (χ1) is 9.44. The molecule has 0 spiro atoms. The van der Waals surface area contributed by atoms with Gasteiger partial charge in [-0.1, -0.05) is 13.8 Å². The molecule has 2 atom stereocenters. The van der Waals surface area contributed by atoms with Crippen LogP contribution in [-0.2, 0) is 26.3 Å². The number of terminal acetylenes is 1. The van der Waals surface area contributed by atoms with E-state index in [2.05, 4.69) is 19.8 Å². The van der Waals surface area contributed by atoms with Gasteiger partial charge in [0.2, 0.25) is 4.27 Å². The summed E-state index contributed by atoms with van der Waals surface area (Å²) in [6, 6.07) is 0. The van der Waals surface area contributed by atoms with Crippen molar-refractivity contribution in [2.24, 2.45) is 11.3 Å². The minimum Gasteiger partial charge on any atom is -0.350 e. The minimum atomic E-state index is -1.15. The molecule has 3 heterocycles. The van der Waals surface area contributed by atoms with Gasteiger partial charge in [-0.25, -0.2) is 0 Å². The van der Waals surface area contributed by atoms with Crippen LogP contribution in [0.25, 0.3) is 0 Å². The molecule has 2 unspecified atom stereocenters. The number of hydrogen-bond acceptors (Lipinski definition) is 3. The molecule has 2 bridgehead atoms. The molecule has 0 N–H and O–H groups in total. The maximum atomic E-state index is 12.6. The van der Waals surface area contributed by atoms with Crippen LogP contribution < -0.4 is 0 Å². The van der Waals surface area contributed by atoms with Crippen LogP contribution in [0.5, 0.6) is 0 Å². The van der Waals surface area contributed by atoms with Crippen LogP contribution in [0.4, 0.5) is 0 Å². The van der Waals surface area contributed by atoms with Crippen molar-refractivity contribution in [2.45, 2.75) is 50.2 Å². The summed E-state index contributed by atoms with van der Waals surface area (Å²) in [5.74, 6) is 4.40. The van der Waals surface area contributed by atoms with E-state index in [0.717, 1.165) is 19.3 Å². The lowest BCUT2D eigenvalue weighted by Crippen LogP contribution is -2.63. The average molecular weight is 316 g/mol. The lowest BCUT2D eigenvalue weighted by molar-refractivity contribution is -0.0134. The van der Waals surface area contributed by atoms with Gasteiger partial charge in [-0.2, -0.15) is 0 Å². The molecule has 3 saturated heterocycles. The lowest BCUT2D eigenvalue weighted by Gasteiger charge is -2.51. The van der Waals surface area contributed by atoms with Crippen LogP contribution in [-0.4, -0.2) is 30.8 Å². The zero-order valence-corrected chi connectivity index (χ0v) is 14.0. The first kappa shape index (κ1) is 16.2. The van der Waals surface area contributed by atoms with Gasteiger partial charge < -0.3 is 4.74 Å². The topological polar surface area (TPSA) is 43.4 Å². The molecule has 20 heavy (non-hydrogen) atoms. The van der Waals surface area contributed by atoms with E-state index in [0.29, 0.717) is 36.9 Å². The predicted molar refractivity (Wildman–Crippen MR) is 83.9 cm³/mol. The van der Waals surface area contributed by atoms with Gasteiger partial charge in [0.25, 0.3) is 0 Å². The van der Waals surface area contributed by atoms with Crippen LogP contribution >= 0.6 is 0 Å². The summed E-state index contributed by atoms with van der Waals surface area (Å²) in [5.41, 5.74) is -0.134. The quantitative estimate of drug-likeness (QED) is 0.558. The SMILES string of the molecule is C#CCCCCC12OCC(CC(C)C)(CS1=O)CS2=O. The first-order valence-electron chi connectivity index (χ1n) is 7.28. The molecule has 3 fully saturated rings. The summed E-state index contributed by atoms with van der Waals surface area (Å²) in [5, 5.41) is 0. The Labute approximate surface area is 127 Å². The summed E-state index contributed by atoms with van der Waals surface area (Å²) >= 11 is 0. The Morgan fingerprint density at radius 3 is 2.40 bits per heavy atom. The van der Waals surface area contributed by atoms with Gasteiger partial charge in [0.15, 0.2) is 0 Å². The van der Waals surface area contributed by atoms with E-state index in [1.807, 2.05) is 0 Å². The second-order valence-electron chi connectivity index (χ2n) is 6.46. The molecule has 5 heteroatoms. The third-order valence-electron chi connectivity index (χ3n) is 4.06. The first-order valence-corrected chi connectivity index (χ1v) is 9.92.